The zero-order chi connectivity index (χ0) is 13.9. The monoisotopic (exact) mass is 265 g/mol. The van der Waals surface area contributed by atoms with Crippen molar-refractivity contribution in [2.75, 3.05) is 13.2 Å². The van der Waals surface area contributed by atoms with E-state index in [-0.39, 0.29) is 19.1 Å². The first-order valence-corrected chi connectivity index (χ1v) is 6.15. The lowest BCUT2D eigenvalue weighted by Gasteiger charge is -2.47. The molecule has 0 heterocycles. The molecule has 0 aromatic carbocycles. The summed E-state index contributed by atoms with van der Waals surface area (Å²) in [6, 6.07) is -1.13. The van der Waals surface area contributed by atoms with Gasteiger partial charge >= 0.3 is 0 Å². The minimum atomic E-state index is -1.94. The van der Waals surface area contributed by atoms with Gasteiger partial charge in [-0.3, -0.25) is 0 Å². The van der Waals surface area contributed by atoms with Gasteiger partial charge in [-0.15, -0.1) is 0 Å². The molecule has 0 aliphatic heterocycles. The third-order valence-electron chi connectivity index (χ3n) is 3.71. The third kappa shape index (κ3) is 2.83. The molecule has 0 spiro atoms. The lowest BCUT2D eigenvalue weighted by atomic mass is 9.75. The Morgan fingerprint density at radius 2 is 1.89 bits per heavy atom. The van der Waals surface area contributed by atoms with E-state index >= 15 is 0 Å². The normalized spacial score (nSPS) is 42.8. The van der Waals surface area contributed by atoms with Gasteiger partial charge in [-0.2, -0.15) is 0 Å². The second-order valence-corrected chi connectivity index (χ2v) is 4.89. The number of nitrogens with one attached hydrogen (secondary N) is 1. The second kappa shape index (κ2) is 6.25. The molecule has 0 amide bonds. The van der Waals surface area contributed by atoms with E-state index in [1.807, 2.05) is 6.92 Å². The Labute approximate surface area is 106 Å². The Bertz CT molecular complexity index is 262. The zero-order valence-corrected chi connectivity index (χ0v) is 10.4. The van der Waals surface area contributed by atoms with Gasteiger partial charge in [-0.1, -0.05) is 6.92 Å². The van der Waals surface area contributed by atoms with Crippen LogP contribution >= 0.6 is 0 Å². The van der Waals surface area contributed by atoms with E-state index < -0.39 is 36.6 Å². The van der Waals surface area contributed by atoms with E-state index in [0.717, 1.165) is 0 Å². The van der Waals surface area contributed by atoms with E-state index in [0.29, 0.717) is 6.42 Å². The molecule has 0 radical (unpaired) electrons. The first kappa shape index (κ1) is 15.8. The largest absolute Gasteiger partial charge is 0.395 e. The lowest BCUT2D eigenvalue weighted by molar-refractivity contribution is -0.212. The summed E-state index contributed by atoms with van der Waals surface area (Å²) < 4.78 is 0. The van der Waals surface area contributed by atoms with E-state index in [2.05, 4.69) is 5.32 Å². The van der Waals surface area contributed by atoms with Gasteiger partial charge < -0.3 is 36.0 Å². The zero-order valence-electron chi connectivity index (χ0n) is 10.4. The van der Waals surface area contributed by atoms with Crippen LogP contribution in [0.4, 0.5) is 0 Å². The van der Waals surface area contributed by atoms with Crippen molar-refractivity contribution in [2.24, 2.45) is 0 Å². The van der Waals surface area contributed by atoms with Gasteiger partial charge in [0.15, 0.2) is 0 Å². The fourth-order valence-electron chi connectivity index (χ4n) is 2.30. The van der Waals surface area contributed by atoms with Crippen LogP contribution in [0.5, 0.6) is 0 Å². The topological polar surface area (TPSA) is 133 Å². The molecule has 6 atom stereocenters. The van der Waals surface area contributed by atoms with Gasteiger partial charge in [-0.05, 0) is 12.8 Å². The van der Waals surface area contributed by atoms with Crippen LogP contribution in [0.15, 0.2) is 0 Å². The van der Waals surface area contributed by atoms with Crippen molar-refractivity contribution in [1.82, 2.24) is 5.32 Å². The highest BCUT2D eigenvalue weighted by Crippen LogP contribution is 2.30. The molecule has 0 saturated heterocycles. The summed E-state index contributed by atoms with van der Waals surface area (Å²) in [6.07, 6.45) is -3.79. The van der Waals surface area contributed by atoms with Gasteiger partial charge in [0.1, 0.15) is 17.8 Å². The summed E-state index contributed by atoms with van der Waals surface area (Å²) >= 11 is 0. The number of hydrogen-bond acceptors (Lipinski definition) is 7. The van der Waals surface area contributed by atoms with Crippen LogP contribution in [-0.2, 0) is 0 Å². The molecular weight excluding hydrogens is 242 g/mol. The summed E-state index contributed by atoms with van der Waals surface area (Å²) in [6.45, 7) is 0.914. The van der Waals surface area contributed by atoms with Gasteiger partial charge in [-0.25, -0.2) is 0 Å². The predicted octanol–water partition coefficient (Wildman–Crippen LogP) is -3.07. The average molecular weight is 265 g/mol. The maximum absolute atomic E-state index is 10.2. The SMILES string of the molecule is CCC(CO)N[C@@H]1C[C@H](O)[C@@H](O)[C@H](O)[C@@]1(O)CO. The minimum absolute atomic E-state index is 0.0220. The Hall–Kier alpha value is -0.280. The van der Waals surface area contributed by atoms with Crippen LogP contribution in [0, 0.1) is 0 Å². The minimum Gasteiger partial charge on any atom is -0.395 e. The molecule has 108 valence electrons. The molecule has 0 aromatic heterocycles. The molecule has 0 bridgehead atoms. The van der Waals surface area contributed by atoms with Crippen molar-refractivity contribution in [1.29, 1.82) is 0 Å². The molecule has 7 N–H and O–H groups in total. The van der Waals surface area contributed by atoms with Crippen molar-refractivity contribution in [3.8, 4) is 0 Å². The number of hydrogen-bond donors (Lipinski definition) is 7. The standard InChI is InChI=1S/C11H23NO6/c1-2-6(4-13)12-8-3-7(15)9(16)10(17)11(8,18)5-14/h6-10,12-18H,2-5H2,1H3/t6?,7-,8+,9+,10-,11+/m0/s1. The van der Waals surface area contributed by atoms with E-state index in [1.165, 1.54) is 0 Å². The summed E-state index contributed by atoms with van der Waals surface area (Å²) in [5, 5.41) is 60.4. The third-order valence-corrected chi connectivity index (χ3v) is 3.71. The summed E-state index contributed by atoms with van der Waals surface area (Å²) in [7, 11) is 0. The van der Waals surface area contributed by atoms with E-state index in [4.69, 9.17) is 5.11 Å². The molecule has 1 aliphatic carbocycles. The van der Waals surface area contributed by atoms with Crippen molar-refractivity contribution in [3.63, 3.8) is 0 Å². The Morgan fingerprint density at radius 1 is 1.28 bits per heavy atom. The van der Waals surface area contributed by atoms with Crippen LogP contribution in [0.25, 0.3) is 0 Å². The Morgan fingerprint density at radius 3 is 2.33 bits per heavy atom. The van der Waals surface area contributed by atoms with Crippen molar-refractivity contribution in [3.05, 3.63) is 0 Å². The molecule has 7 heteroatoms. The Balaban J connectivity index is 2.86. The first-order valence-electron chi connectivity index (χ1n) is 6.15. The highest BCUT2D eigenvalue weighted by Gasteiger charge is 2.53. The summed E-state index contributed by atoms with van der Waals surface area (Å²) in [4.78, 5) is 0. The second-order valence-electron chi connectivity index (χ2n) is 4.89. The summed E-state index contributed by atoms with van der Waals surface area (Å²) in [5.74, 6) is 0. The van der Waals surface area contributed by atoms with Gasteiger partial charge in [0, 0.05) is 12.1 Å². The molecule has 18 heavy (non-hydrogen) atoms. The van der Waals surface area contributed by atoms with Crippen LogP contribution < -0.4 is 5.32 Å². The van der Waals surface area contributed by atoms with Crippen LogP contribution in [-0.4, -0.2) is 79.8 Å². The molecule has 1 aliphatic rings. The van der Waals surface area contributed by atoms with Gasteiger partial charge in [0.2, 0.25) is 0 Å². The molecule has 1 rings (SSSR count). The van der Waals surface area contributed by atoms with Crippen molar-refractivity contribution in [2.45, 2.75) is 55.8 Å². The molecular formula is C11H23NO6. The molecule has 1 saturated carbocycles. The Kier molecular flexibility index (Phi) is 5.47. The van der Waals surface area contributed by atoms with Crippen molar-refractivity contribution < 1.29 is 30.6 Å². The van der Waals surface area contributed by atoms with Gasteiger partial charge in [0.05, 0.1) is 19.3 Å². The van der Waals surface area contributed by atoms with Crippen LogP contribution in [0.2, 0.25) is 0 Å². The summed E-state index contributed by atoms with van der Waals surface area (Å²) in [5.41, 5.74) is -1.94. The maximum Gasteiger partial charge on any atom is 0.131 e. The van der Waals surface area contributed by atoms with Gasteiger partial charge in [0.25, 0.3) is 0 Å². The molecule has 7 nitrogen and oxygen atoms in total. The molecule has 0 aromatic rings. The number of aliphatic hydroxyl groups is 6. The fraction of sp³-hybridized carbons (Fsp3) is 1.00. The highest BCUT2D eigenvalue weighted by atomic mass is 16.4. The van der Waals surface area contributed by atoms with Crippen molar-refractivity contribution >= 4 is 0 Å². The first-order chi connectivity index (χ1) is 8.40. The maximum atomic E-state index is 10.2. The van der Waals surface area contributed by atoms with E-state index in [1.54, 1.807) is 0 Å². The quantitative estimate of drug-likeness (QED) is 0.280. The average Bonchev–Trinajstić information content (AvgIpc) is 2.39. The molecule has 1 unspecified atom stereocenters. The van der Waals surface area contributed by atoms with Crippen LogP contribution in [0.1, 0.15) is 19.8 Å². The number of aliphatic hydroxyl groups excluding tert-OH is 5. The highest BCUT2D eigenvalue weighted by molar-refractivity contribution is 5.07. The smallest absolute Gasteiger partial charge is 0.131 e. The fourth-order valence-corrected chi connectivity index (χ4v) is 2.30. The predicted molar refractivity (Wildman–Crippen MR) is 62.8 cm³/mol. The number of rotatable bonds is 5. The molecule has 1 fully saturated rings. The van der Waals surface area contributed by atoms with Crippen LogP contribution in [0.3, 0.4) is 0 Å². The van der Waals surface area contributed by atoms with E-state index in [9.17, 15) is 25.5 Å². The lowest BCUT2D eigenvalue weighted by Crippen LogP contribution is -2.71.